The van der Waals surface area contributed by atoms with E-state index >= 15 is 0 Å². The maximum Gasteiger partial charge on any atom is 1.00 e. The Balaban J connectivity index is 0.00000456. The minimum Gasteiger partial charge on any atom is -0.744 e. The molecule has 3 rings (SSSR count). The first kappa shape index (κ1) is 30.4. The molecule has 188 valence electrons. The summed E-state index contributed by atoms with van der Waals surface area (Å²) in [5.74, 6) is -0.402. The zero-order chi connectivity index (χ0) is 25.8. The molecule has 0 radical (unpaired) electrons. The predicted octanol–water partition coefficient (Wildman–Crippen LogP) is 3.08. The Morgan fingerprint density at radius 2 is 1.11 bits per heavy atom. The van der Waals surface area contributed by atoms with E-state index in [1.54, 1.807) is 12.1 Å². The Hall–Kier alpha value is -1.83. The van der Waals surface area contributed by atoms with Gasteiger partial charge in [-0.25, -0.2) is 8.42 Å². The summed E-state index contributed by atoms with van der Waals surface area (Å²) >= 11 is 0. The van der Waals surface area contributed by atoms with Crippen LogP contribution in [0.1, 0.15) is 61.4 Å². The van der Waals surface area contributed by atoms with E-state index in [9.17, 15) is 13.0 Å². The van der Waals surface area contributed by atoms with Crippen molar-refractivity contribution in [3.8, 4) is 0 Å². The fraction of sp³-hybridized carbons (Fsp3) is 0.379. The quantitative estimate of drug-likeness (QED) is 0.235. The van der Waals surface area contributed by atoms with Crippen LogP contribution in [-0.4, -0.2) is 39.1 Å². The van der Waals surface area contributed by atoms with Gasteiger partial charge in [-0.1, -0.05) is 30.3 Å². The Morgan fingerprint density at radius 1 is 0.694 bits per heavy atom. The van der Waals surface area contributed by atoms with Crippen LogP contribution in [0.4, 0.5) is 11.4 Å². The predicted molar refractivity (Wildman–Crippen MR) is 145 cm³/mol. The van der Waals surface area contributed by atoms with Crippen LogP contribution in [0.25, 0.3) is 0 Å². The molecule has 0 unspecified atom stereocenters. The standard InChI is InChI=1S/C29H38N2O3S.Na/c1-7-30(8-2)23-17-15-21(5)26(19-23)29(25-13-11-12-14-28(25)35(32,33)34)27-20-24(18-16-22(27)6)31(9-3)10-4;/h11-20,29H,7-10H2,1-6H3,(H,32,33,34);/q;+1/p-1. The van der Waals surface area contributed by atoms with Gasteiger partial charge in [-0.15, -0.1) is 0 Å². The van der Waals surface area contributed by atoms with Crippen LogP contribution in [0.2, 0.25) is 0 Å². The van der Waals surface area contributed by atoms with E-state index in [1.165, 1.54) is 6.07 Å². The van der Waals surface area contributed by atoms with Crippen LogP contribution < -0.4 is 39.4 Å². The van der Waals surface area contributed by atoms with Gasteiger partial charge < -0.3 is 14.4 Å². The molecule has 0 saturated heterocycles. The first-order chi connectivity index (χ1) is 16.7. The molecule has 0 aromatic heterocycles. The molecule has 0 spiro atoms. The van der Waals surface area contributed by atoms with Gasteiger partial charge in [0.15, 0.2) is 0 Å². The molecule has 3 aromatic rings. The van der Waals surface area contributed by atoms with Crippen molar-refractivity contribution >= 4 is 21.5 Å². The molecule has 0 fully saturated rings. The van der Waals surface area contributed by atoms with Crippen LogP contribution in [0.15, 0.2) is 65.6 Å². The Kier molecular flexibility index (Phi) is 11.1. The summed E-state index contributed by atoms with van der Waals surface area (Å²) in [6.07, 6.45) is 0. The van der Waals surface area contributed by atoms with Crippen molar-refractivity contribution in [2.75, 3.05) is 36.0 Å². The molecule has 0 N–H and O–H groups in total. The van der Waals surface area contributed by atoms with Gasteiger partial charge in [0.1, 0.15) is 10.1 Å². The SMILES string of the molecule is CCN(CC)c1ccc(C)c(C(c2cc(N(CC)CC)ccc2C)c2ccccc2S(=O)(=O)[O-])c1.[Na+]. The summed E-state index contributed by atoms with van der Waals surface area (Å²) in [6, 6.07) is 19.3. The average Bonchev–Trinajstić information content (AvgIpc) is 2.84. The third-order valence-electron chi connectivity index (χ3n) is 6.90. The van der Waals surface area contributed by atoms with Crippen molar-refractivity contribution in [3.05, 3.63) is 88.5 Å². The van der Waals surface area contributed by atoms with Crippen LogP contribution in [0.5, 0.6) is 0 Å². The normalized spacial score (nSPS) is 11.3. The van der Waals surface area contributed by atoms with Gasteiger partial charge in [0.05, 0.1) is 4.90 Å². The minimum absolute atomic E-state index is 0. The second-order valence-electron chi connectivity index (χ2n) is 8.85. The molecule has 0 saturated carbocycles. The maximum atomic E-state index is 12.4. The molecule has 7 heteroatoms. The monoisotopic (exact) mass is 516 g/mol. The molecule has 0 bridgehead atoms. The Bertz CT molecular complexity index is 1210. The molecule has 0 aliphatic carbocycles. The molecule has 36 heavy (non-hydrogen) atoms. The van der Waals surface area contributed by atoms with Crippen LogP contribution in [0.3, 0.4) is 0 Å². The summed E-state index contributed by atoms with van der Waals surface area (Å²) in [5, 5.41) is 0. The van der Waals surface area contributed by atoms with Gasteiger partial charge in [-0.3, -0.25) is 0 Å². The van der Waals surface area contributed by atoms with Gasteiger partial charge in [0, 0.05) is 43.5 Å². The molecule has 0 atom stereocenters. The molecule has 3 aromatic carbocycles. The van der Waals surface area contributed by atoms with E-state index in [4.69, 9.17) is 0 Å². The number of anilines is 2. The molecule has 0 aliphatic heterocycles. The minimum atomic E-state index is -4.66. The first-order valence-corrected chi connectivity index (χ1v) is 13.8. The number of nitrogens with zero attached hydrogens (tertiary/aromatic N) is 2. The zero-order valence-corrected chi connectivity index (χ0v) is 25.5. The van der Waals surface area contributed by atoms with E-state index in [0.717, 1.165) is 59.8 Å². The van der Waals surface area contributed by atoms with E-state index in [-0.39, 0.29) is 34.5 Å². The van der Waals surface area contributed by atoms with Crippen molar-refractivity contribution in [3.63, 3.8) is 0 Å². The fourth-order valence-corrected chi connectivity index (χ4v) is 5.62. The van der Waals surface area contributed by atoms with Gasteiger partial charge in [-0.2, -0.15) is 0 Å². The Morgan fingerprint density at radius 3 is 1.50 bits per heavy atom. The van der Waals surface area contributed by atoms with Gasteiger partial charge in [-0.05, 0) is 99.7 Å². The van der Waals surface area contributed by atoms with Crippen molar-refractivity contribution in [2.24, 2.45) is 0 Å². The number of benzene rings is 3. The van der Waals surface area contributed by atoms with Crippen LogP contribution in [0, 0.1) is 13.8 Å². The Labute approximate surface area is 239 Å². The molecule has 5 nitrogen and oxygen atoms in total. The van der Waals surface area contributed by atoms with Gasteiger partial charge in [0.2, 0.25) is 0 Å². The number of aryl methyl sites for hydroxylation is 2. The number of hydrogen-bond donors (Lipinski definition) is 0. The zero-order valence-electron chi connectivity index (χ0n) is 22.7. The summed E-state index contributed by atoms with van der Waals surface area (Å²) in [6.45, 7) is 16.1. The second kappa shape index (κ2) is 13.1. The van der Waals surface area contributed by atoms with Crippen molar-refractivity contribution in [1.82, 2.24) is 0 Å². The smallest absolute Gasteiger partial charge is 0.744 e. The first-order valence-electron chi connectivity index (χ1n) is 12.4. The van der Waals surface area contributed by atoms with E-state index < -0.39 is 16.0 Å². The maximum absolute atomic E-state index is 12.4. The molecule has 0 aliphatic rings. The van der Waals surface area contributed by atoms with Gasteiger partial charge in [0.25, 0.3) is 0 Å². The molecule has 0 amide bonds. The third-order valence-corrected chi connectivity index (χ3v) is 7.81. The van der Waals surface area contributed by atoms with Crippen LogP contribution in [-0.2, 0) is 10.1 Å². The van der Waals surface area contributed by atoms with Crippen molar-refractivity contribution in [1.29, 1.82) is 0 Å². The molecular formula is C29H37N2NaO3S. The van der Waals surface area contributed by atoms with Crippen molar-refractivity contribution in [2.45, 2.75) is 52.4 Å². The fourth-order valence-electron chi connectivity index (χ4n) is 4.90. The van der Waals surface area contributed by atoms with Gasteiger partial charge >= 0.3 is 29.6 Å². The third kappa shape index (κ3) is 6.53. The number of rotatable bonds is 10. The summed E-state index contributed by atoms with van der Waals surface area (Å²) in [7, 11) is -4.66. The molecular weight excluding hydrogens is 479 g/mol. The summed E-state index contributed by atoms with van der Waals surface area (Å²) in [4.78, 5) is 4.38. The second-order valence-corrected chi connectivity index (χ2v) is 10.2. The molecule has 0 heterocycles. The average molecular weight is 517 g/mol. The topological polar surface area (TPSA) is 63.7 Å². The van der Waals surface area contributed by atoms with E-state index in [1.807, 2.05) is 19.9 Å². The largest absolute Gasteiger partial charge is 1.00 e. The number of hydrogen-bond acceptors (Lipinski definition) is 5. The van der Waals surface area contributed by atoms with E-state index in [2.05, 4.69) is 73.9 Å². The van der Waals surface area contributed by atoms with Crippen molar-refractivity contribution < 1.29 is 42.5 Å². The van der Waals surface area contributed by atoms with Crippen LogP contribution >= 0.6 is 0 Å². The van der Waals surface area contributed by atoms with E-state index in [0.29, 0.717) is 5.56 Å². The summed E-state index contributed by atoms with van der Waals surface area (Å²) in [5.41, 5.74) is 6.80. The summed E-state index contributed by atoms with van der Waals surface area (Å²) < 4.78 is 37.1.